The minimum atomic E-state index is -0.126. The maximum Gasteiger partial charge on any atom is 0.0499 e. The molecule has 1 heteroatoms. The Kier molecular flexibility index (Phi) is 7.69. The van der Waals surface area contributed by atoms with Gasteiger partial charge in [-0.15, -0.1) is 0 Å². The molecule has 2 aliphatic rings. The standard InChI is InChI=1S/C47H41N/c1-4-33(36-27-28-37(31-36)34-17-8-5-9-18-34)29-30-48(38-21-12-7-13-22-38)44-32-42-45-39(35-19-10-6-11-20-35)25-16-26-43(45)47(2,3)46(42)41-24-15-14-23-40(41)44/h5-29,32H,4,30-31H2,1-3H3/b33-29+. The molecule has 0 spiro atoms. The minimum Gasteiger partial charge on any atom is -0.337 e. The lowest BCUT2D eigenvalue weighted by atomic mass is 9.79. The fourth-order valence-corrected chi connectivity index (χ4v) is 8.06. The summed E-state index contributed by atoms with van der Waals surface area (Å²) < 4.78 is 0. The first kappa shape index (κ1) is 30.0. The van der Waals surface area contributed by atoms with Gasteiger partial charge in [0.1, 0.15) is 0 Å². The van der Waals surface area contributed by atoms with Gasteiger partial charge in [0.15, 0.2) is 0 Å². The van der Waals surface area contributed by atoms with Crippen LogP contribution in [0.5, 0.6) is 0 Å². The zero-order valence-corrected chi connectivity index (χ0v) is 28.1. The van der Waals surface area contributed by atoms with Gasteiger partial charge in [-0.25, -0.2) is 0 Å². The van der Waals surface area contributed by atoms with E-state index >= 15 is 0 Å². The summed E-state index contributed by atoms with van der Waals surface area (Å²) in [5.74, 6) is 0. The number of para-hydroxylation sites is 1. The van der Waals surface area contributed by atoms with Crippen molar-refractivity contribution in [3.8, 4) is 22.3 Å². The molecule has 6 aromatic carbocycles. The third-order valence-electron chi connectivity index (χ3n) is 10.4. The molecule has 0 radical (unpaired) electrons. The summed E-state index contributed by atoms with van der Waals surface area (Å²) in [6.45, 7) is 7.87. The van der Waals surface area contributed by atoms with Gasteiger partial charge < -0.3 is 4.90 Å². The molecule has 0 aliphatic heterocycles. The molecule has 2 aliphatic carbocycles. The average molecular weight is 620 g/mol. The summed E-state index contributed by atoms with van der Waals surface area (Å²) in [4.78, 5) is 2.52. The first-order valence-corrected chi connectivity index (χ1v) is 17.3. The smallest absolute Gasteiger partial charge is 0.0499 e. The van der Waals surface area contributed by atoms with Crippen molar-refractivity contribution in [3.05, 3.63) is 186 Å². The lowest BCUT2D eigenvalue weighted by Gasteiger charge is -2.29. The highest BCUT2D eigenvalue weighted by Gasteiger charge is 2.39. The van der Waals surface area contributed by atoms with E-state index in [0.29, 0.717) is 0 Å². The number of rotatable bonds is 8. The van der Waals surface area contributed by atoms with E-state index in [-0.39, 0.29) is 5.41 Å². The highest BCUT2D eigenvalue weighted by Crippen LogP contribution is 2.56. The van der Waals surface area contributed by atoms with Gasteiger partial charge in [0.25, 0.3) is 0 Å². The fraction of sp³-hybridized carbons (Fsp3) is 0.149. The van der Waals surface area contributed by atoms with Gasteiger partial charge in [0.2, 0.25) is 0 Å². The summed E-state index contributed by atoms with van der Waals surface area (Å²) in [5, 5.41) is 2.63. The Bertz CT molecular complexity index is 2220. The lowest BCUT2D eigenvalue weighted by Crippen LogP contribution is -2.19. The van der Waals surface area contributed by atoms with E-state index in [1.165, 1.54) is 77.8 Å². The summed E-state index contributed by atoms with van der Waals surface area (Å²) in [6.07, 6.45) is 9.08. The molecule has 0 saturated heterocycles. The van der Waals surface area contributed by atoms with Gasteiger partial charge in [-0.1, -0.05) is 160 Å². The molecule has 0 heterocycles. The third kappa shape index (κ3) is 5.11. The topological polar surface area (TPSA) is 3.24 Å². The Morgan fingerprint density at radius 3 is 2.02 bits per heavy atom. The van der Waals surface area contributed by atoms with E-state index in [0.717, 1.165) is 19.4 Å². The first-order valence-electron chi connectivity index (χ1n) is 17.3. The van der Waals surface area contributed by atoms with Crippen LogP contribution in [0.15, 0.2) is 169 Å². The molecule has 0 fully saturated rings. The molecule has 0 N–H and O–H groups in total. The average Bonchev–Trinajstić information content (AvgIpc) is 3.72. The van der Waals surface area contributed by atoms with E-state index in [4.69, 9.17) is 0 Å². The number of hydrogen-bond acceptors (Lipinski definition) is 1. The van der Waals surface area contributed by atoms with Gasteiger partial charge >= 0.3 is 0 Å². The summed E-state index contributed by atoms with van der Waals surface area (Å²) >= 11 is 0. The van der Waals surface area contributed by atoms with Crippen LogP contribution in [0.4, 0.5) is 11.4 Å². The Morgan fingerprint density at radius 1 is 0.667 bits per heavy atom. The molecule has 0 saturated carbocycles. The quantitative estimate of drug-likeness (QED) is 0.164. The molecular weight excluding hydrogens is 579 g/mol. The molecule has 8 rings (SSSR count). The van der Waals surface area contributed by atoms with Crippen LogP contribution in [0, 0.1) is 0 Å². The van der Waals surface area contributed by atoms with Crippen LogP contribution in [-0.4, -0.2) is 6.54 Å². The van der Waals surface area contributed by atoms with Crippen LogP contribution in [0.3, 0.4) is 0 Å². The SMILES string of the molecule is CC/C(=C\CN(c1ccccc1)c1cc2c(c3ccccc13)C(C)(C)c1cccc(-c3ccccc3)c1-2)C1=CC=C(c2ccccc2)C1. The van der Waals surface area contributed by atoms with Crippen LogP contribution in [0.25, 0.3) is 38.6 Å². The maximum absolute atomic E-state index is 2.52. The van der Waals surface area contributed by atoms with Crippen LogP contribution >= 0.6 is 0 Å². The summed E-state index contributed by atoms with van der Waals surface area (Å²) in [6, 6.07) is 51.0. The van der Waals surface area contributed by atoms with Crippen molar-refractivity contribution in [1.82, 2.24) is 0 Å². The van der Waals surface area contributed by atoms with Crippen molar-refractivity contribution < 1.29 is 0 Å². The molecule has 234 valence electrons. The van der Waals surface area contributed by atoms with Gasteiger partial charge in [-0.2, -0.15) is 0 Å². The Balaban J connectivity index is 1.27. The monoisotopic (exact) mass is 619 g/mol. The molecule has 0 aromatic heterocycles. The van der Waals surface area contributed by atoms with Crippen molar-refractivity contribution in [2.24, 2.45) is 0 Å². The number of hydrogen-bond donors (Lipinski definition) is 0. The Hall–Kier alpha value is -5.40. The Labute approximate surface area is 285 Å². The van der Waals surface area contributed by atoms with Gasteiger partial charge in [-0.05, 0) is 92.1 Å². The largest absolute Gasteiger partial charge is 0.337 e. The van der Waals surface area contributed by atoms with Crippen LogP contribution in [-0.2, 0) is 5.41 Å². The zero-order chi connectivity index (χ0) is 32.7. The summed E-state index contributed by atoms with van der Waals surface area (Å²) in [7, 11) is 0. The molecule has 6 aromatic rings. The number of anilines is 2. The van der Waals surface area contributed by atoms with E-state index in [1.54, 1.807) is 0 Å². The third-order valence-corrected chi connectivity index (χ3v) is 10.4. The lowest BCUT2D eigenvalue weighted by molar-refractivity contribution is 0.666. The number of nitrogens with zero attached hydrogens (tertiary/aromatic N) is 1. The van der Waals surface area contributed by atoms with Crippen molar-refractivity contribution >= 4 is 27.7 Å². The van der Waals surface area contributed by atoms with Crippen molar-refractivity contribution in [3.63, 3.8) is 0 Å². The maximum atomic E-state index is 2.52. The molecule has 0 amide bonds. The second kappa shape index (κ2) is 12.3. The fourth-order valence-electron chi connectivity index (χ4n) is 8.06. The predicted molar refractivity (Wildman–Crippen MR) is 206 cm³/mol. The number of fused-ring (bicyclic) bond motifs is 5. The van der Waals surface area contributed by atoms with E-state index < -0.39 is 0 Å². The van der Waals surface area contributed by atoms with Crippen LogP contribution in [0.2, 0.25) is 0 Å². The molecule has 0 unspecified atom stereocenters. The number of benzene rings is 6. The zero-order valence-electron chi connectivity index (χ0n) is 28.1. The minimum absolute atomic E-state index is 0.126. The van der Waals surface area contributed by atoms with E-state index in [9.17, 15) is 0 Å². The first-order chi connectivity index (χ1) is 23.5. The molecule has 0 bridgehead atoms. The van der Waals surface area contributed by atoms with Gasteiger partial charge in [0, 0.05) is 28.7 Å². The van der Waals surface area contributed by atoms with Gasteiger partial charge in [0.05, 0.1) is 0 Å². The molecule has 48 heavy (non-hydrogen) atoms. The van der Waals surface area contributed by atoms with Crippen molar-refractivity contribution in [2.45, 2.75) is 39.0 Å². The highest BCUT2D eigenvalue weighted by atomic mass is 15.1. The normalized spacial score (nSPS) is 14.8. The molecule has 0 atom stereocenters. The van der Waals surface area contributed by atoms with Gasteiger partial charge in [-0.3, -0.25) is 0 Å². The molecular formula is C47H41N. The Morgan fingerprint density at radius 2 is 1.31 bits per heavy atom. The second-order valence-electron chi connectivity index (χ2n) is 13.5. The molecule has 1 nitrogen and oxygen atoms in total. The van der Waals surface area contributed by atoms with E-state index in [1.807, 2.05) is 0 Å². The number of allylic oxidation sites excluding steroid dienone is 5. The van der Waals surface area contributed by atoms with Crippen molar-refractivity contribution in [1.29, 1.82) is 0 Å². The van der Waals surface area contributed by atoms with Crippen molar-refractivity contribution in [2.75, 3.05) is 11.4 Å². The van der Waals surface area contributed by atoms with Crippen LogP contribution < -0.4 is 4.90 Å². The summed E-state index contributed by atoms with van der Waals surface area (Å²) in [5.41, 5.74) is 16.0. The second-order valence-corrected chi connectivity index (χ2v) is 13.5. The van der Waals surface area contributed by atoms with Crippen LogP contribution in [0.1, 0.15) is 50.3 Å². The predicted octanol–water partition coefficient (Wildman–Crippen LogP) is 12.7. The highest BCUT2D eigenvalue weighted by molar-refractivity contribution is 6.07. The van der Waals surface area contributed by atoms with E-state index in [2.05, 4.69) is 183 Å².